The van der Waals surface area contributed by atoms with E-state index in [-0.39, 0.29) is 54.0 Å². The highest BCUT2D eigenvalue weighted by Gasteiger charge is 2.64. The number of amides is 5. The molecule has 0 aromatic rings. The zero-order valence-corrected chi connectivity index (χ0v) is 32.3. The summed E-state index contributed by atoms with van der Waals surface area (Å²) in [6.45, 7) is 12.5. The van der Waals surface area contributed by atoms with Gasteiger partial charge in [-0.15, -0.1) is 18.9 Å². The number of terminal acetylenes is 1. The smallest absolute Gasteiger partial charge is 0.315 e. The second-order valence-corrected chi connectivity index (χ2v) is 18.2. The summed E-state index contributed by atoms with van der Waals surface area (Å²) in [5.41, 5.74) is -0.804. The van der Waals surface area contributed by atoms with Gasteiger partial charge in [0.1, 0.15) is 12.1 Å². The highest BCUT2D eigenvalue weighted by Crippen LogP contribution is 2.66. The van der Waals surface area contributed by atoms with Gasteiger partial charge >= 0.3 is 6.03 Å². The highest BCUT2D eigenvalue weighted by molar-refractivity contribution is 7.81. The Morgan fingerprint density at radius 1 is 1.06 bits per heavy atom. The van der Waals surface area contributed by atoms with Crippen LogP contribution in [0.25, 0.3) is 0 Å². The third kappa shape index (κ3) is 9.41. The van der Waals surface area contributed by atoms with Gasteiger partial charge in [-0.1, -0.05) is 53.0 Å². The molecule has 3 aliphatic carbocycles. The first kappa shape index (κ1) is 40.5. The second kappa shape index (κ2) is 16.6. The molecule has 0 aromatic carbocycles. The molecule has 7 atom stereocenters. The van der Waals surface area contributed by atoms with Crippen molar-refractivity contribution in [1.29, 1.82) is 0 Å². The lowest BCUT2D eigenvalue weighted by molar-refractivity contribution is -0.145. The fourth-order valence-corrected chi connectivity index (χ4v) is 9.00. The van der Waals surface area contributed by atoms with Crippen LogP contribution in [0.15, 0.2) is 12.7 Å². The van der Waals surface area contributed by atoms with Crippen LogP contribution in [0.5, 0.6) is 0 Å². The maximum atomic E-state index is 15.0. The van der Waals surface area contributed by atoms with Crippen molar-refractivity contribution in [2.45, 2.75) is 122 Å². The van der Waals surface area contributed by atoms with Gasteiger partial charge in [0.15, 0.2) is 0 Å². The third-order valence-corrected chi connectivity index (χ3v) is 13.2. The number of fused-ring (bicyclic) bond motifs is 2. The summed E-state index contributed by atoms with van der Waals surface area (Å²) in [5.74, 6) is 0.131. The van der Waals surface area contributed by atoms with Crippen molar-refractivity contribution in [3.8, 4) is 12.3 Å². The molecule has 284 valence electrons. The quantitative estimate of drug-likeness (QED) is 0.115. The van der Waals surface area contributed by atoms with E-state index < -0.39 is 58.2 Å². The monoisotopic (exact) mass is 728 g/mol. The van der Waals surface area contributed by atoms with E-state index in [4.69, 9.17) is 6.42 Å². The number of likely N-dealkylation sites (tertiary alicyclic amines) is 1. The summed E-state index contributed by atoms with van der Waals surface area (Å²) < 4.78 is 13.9. The first-order chi connectivity index (χ1) is 24.0. The number of hydrogen-bond donors (Lipinski definition) is 4. The van der Waals surface area contributed by atoms with Crippen molar-refractivity contribution in [3.63, 3.8) is 0 Å². The molecule has 4 N–H and O–H groups in total. The molecule has 1 saturated heterocycles. The number of hydrogen-bond acceptors (Lipinski definition) is 6. The van der Waals surface area contributed by atoms with E-state index in [1.54, 1.807) is 22.5 Å². The minimum absolute atomic E-state index is 0.0828. The molecule has 4 rings (SSSR count). The van der Waals surface area contributed by atoms with Crippen LogP contribution in [0.4, 0.5) is 4.79 Å². The van der Waals surface area contributed by atoms with Gasteiger partial charge in [-0.05, 0) is 80.1 Å². The molecule has 0 aromatic heterocycles. The minimum atomic E-state index is -1.23. The number of ketones is 1. The largest absolute Gasteiger partial charge is 0.346 e. The van der Waals surface area contributed by atoms with Crippen LogP contribution in [0.2, 0.25) is 0 Å². The predicted octanol–water partition coefficient (Wildman–Crippen LogP) is 3.05. The molecule has 13 heteroatoms. The molecule has 1 heterocycles. The van der Waals surface area contributed by atoms with Crippen LogP contribution >= 0.6 is 0 Å². The number of carbonyl (C=O) groups excluding carboxylic acids is 5. The van der Waals surface area contributed by atoms with Crippen LogP contribution in [0, 0.1) is 40.4 Å². The first-order valence-corrected chi connectivity index (χ1v) is 20.1. The Morgan fingerprint density at radius 2 is 1.73 bits per heavy atom. The van der Waals surface area contributed by atoms with Gasteiger partial charge in [0.25, 0.3) is 5.91 Å². The molecule has 0 bridgehead atoms. The van der Waals surface area contributed by atoms with Gasteiger partial charge in [0.2, 0.25) is 17.6 Å². The topological polar surface area (TPSA) is 157 Å². The van der Waals surface area contributed by atoms with E-state index in [2.05, 4.69) is 40.7 Å². The Bertz CT molecular complexity index is 1410. The fourth-order valence-electron chi connectivity index (χ4n) is 8.64. The number of nitrogens with zero attached hydrogens (tertiary/aromatic N) is 2. The lowest BCUT2D eigenvalue weighted by Crippen LogP contribution is -2.63. The molecule has 3 saturated carbocycles. The number of likely N-dealkylation sites (N-methyl/N-ethyl adjacent to an activating group) is 1. The van der Waals surface area contributed by atoms with Gasteiger partial charge in [-0.25, -0.2) is 13.3 Å². The third-order valence-electron chi connectivity index (χ3n) is 12.1. The molecule has 1 spiro atoms. The van der Waals surface area contributed by atoms with Crippen LogP contribution in [-0.2, 0) is 30.2 Å². The lowest BCUT2D eigenvalue weighted by Gasteiger charge is -2.43. The molecule has 51 heavy (non-hydrogen) atoms. The van der Waals surface area contributed by atoms with Crippen molar-refractivity contribution in [1.82, 2.24) is 30.5 Å². The maximum absolute atomic E-state index is 15.0. The van der Waals surface area contributed by atoms with Crippen LogP contribution in [-0.4, -0.2) is 100 Å². The van der Waals surface area contributed by atoms with Crippen LogP contribution < -0.4 is 21.3 Å². The summed E-state index contributed by atoms with van der Waals surface area (Å²) in [4.78, 5) is 70.8. The Hall–Kier alpha value is -3.24. The summed E-state index contributed by atoms with van der Waals surface area (Å²) in [6.07, 6.45) is 17.1. The van der Waals surface area contributed by atoms with Crippen molar-refractivity contribution < 1.29 is 28.2 Å². The predicted molar refractivity (Wildman–Crippen MR) is 198 cm³/mol. The average Bonchev–Trinajstić information content (AvgIpc) is 3.65. The molecule has 0 radical (unpaired) electrons. The highest BCUT2D eigenvalue weighted by atomic mass is 32.2. The Kier molecular flexibility index (Phi) is 13.2. The molecule has 12 nitrogen and oxygen atoms in total. The zero-order chi connectivity index (χ0) is 37.7. The van der Waals surface area contributed by atoms with Gasteiger partial charge in [0.05, 0.1) is 17.0 Å². The standard InChI is InChI=1S/C38H60N6O6S/c1-9-11-15-27(30(45)33(47)39-22-10-2)40-32(46)29-25-16-19-38(20-21-38)26(25)23-44(29)34(48)31(37(6)17-13-12-14-18-37)42-35(49)41-28(36(3,4)5)24-43(7)51(8)50/h1,10,25-29,31H,2,11-24H2,3-8H3,(H,39,47)(H,40,46)(H2,41,42,49)/t25-,26-,27?,28+,29-,31+,51?/m0/s1. The number of carbonyl (C=O) groups is 5. The van der Waals surface area contributed by atoms with Crippen LogP contribution in [0.3, 0.4) is 0 Å². The Morgan fingerprint density at radius 3 is 2.29 bits per heavy atom. The molecule has 4 aliphatic rings. The average molecular weight is 729 g/mol. The number of rotatable bonds is 15. The summed E-state index contributed by atoms with van der Waals surface area (Å²) in [7, 11) is 0.509. The van der Waals surface area contributed by atoms with E-state index in [0.29, 0.717) is 13.1 Å². The van der Waals surface area contributed by atoms with Gasteiger partial charge in [-0.2, -0.15) is 0 Å². The zero-order valence-electron chi connectivity index (χ0n) is 31.5. The number of nitrogens with one attached hydrogen (secondary N) is 4. The lowest BCUT2D eigenvalue weighted by atomic mass is 9.70. The summed E-state index contributed by atoms with van der Waals surface area (Å²) >= 11 is 0. The van der Waals surface area contributed by atoms with Crippen molar-refractivity contribution in [2.24, 2.45) is 28.1 Å². The normalized spacial score (nSPS) is 25.5. The van der Waals surface area contributed by atoms with Crippen LogP contribution in [0.1, 0.15) is 98.3 Å². The molecular weight excluding hydrogens is 669 g/mol. The number of Topliss-reactive ketones (excluding diaryl/α,β-unsaturated/α-hetero) is 1. The van der Waals surface area contributed by atoms with Crippen molar-refractivity contribution in [2.75, 3.05) is 32.9 Å². The molecule has 1 aliphatic heterocycles. The summed E-state index contributed by atoms with van der Waals surface area (Å²) in [5, 5.41) is 11.5. The van der Waals surface area contributed by atoms with E-state index >= 15 is 4.79 Å². The molecule has 2 unspecified atom stereocenters. The van der Waals surface area contributed by atoms with Gasteiger partial charge < -0.3 is 26.2 Å². The second-order valence-electron chi connectivity index (χ2n) is 16.7. The van der Waals surface area contributed by atoms with E-state index in [9.17, 15) is 23.4 Å². The molecule has 5 amide bonds. The Balaban J connectivity index is 1.64. The van der Waals surface area contributed by atoms with Crippen molar-refractivity contribution in [3.05, 3.63) is 12.7 Å². The Labute approximate surface area is 307 Å². The molecule has 4 fully saturated rings. The first-order valence-electron chi connectivity index (χ1n) is 18.6. The SMILES string of the molecule is C#CCCC(NC(=O)[C@@H]1[C@H]2CCC3(CC3)[C@H]2CN1C(=O)[C@@H](NC(=O)N[C@H](CN(C)S(C)=O)C(C)(C)C)C1(C)CCCCC1)C(=O)C(=O)NCC=C. The van der Waals surface area contributed by atoms with E-state index in [1.807, 2.05) is 20.8 Å². The minimum Gasteiger partial charge on any atom is -0.346 e. The van der Waals surface area contributed by atoms with E-state index in [1.165, 1.54) is 6.08 Å². The van der Waals surface area contributed by atoms with Gasteiger partial charge in [-0.3, -0.25) is 19.2 Å². The van der Waals surface area contributed by atoms with Crippen molar-refractivity contribution >= 4 is 40.5 Å². The fraction of sp³-hybridized carbons (Fsp3) is 0.763. The molecular formula is C38H60N6O6S. The van der Waals surface area contributed by atoms with E-state index in [0.717, 1.165) is 57.8 Å². The maximum Gasteiger partial charge on any atom is 0.315 e. The number of urea groups is 1. The summed E-state index contributed by atoms with van der Waals surface area (Å²) in [6, 6.07) is -3.76. The van der Waals surface area contributed by atoms with Gasteiger partial charge in [0, 0.05) is 38.4 Å².